The van der Waals surface area contributed by atoms with Gasteiger partial charge < -0.3 is 85.1 Å². The van der Waals surface area contributed by atoms with Crippen molar-refractivity contribution >= 4 is 17.8 Å². The van der Waals surface area contributed by atoms with Crippen molar-refractivity contribution in [3.63, 3.8) is 0 Å². The first-order valence-electron chi connectivity index (χ1n) is 7.00. The Balaban J connectivity index is -0.0000000471. The number of nitrogens with zero attached hydrogens (tertiary/aromatic N) is 12. The molecule has 0 fully saturated rings. The minimum Gasteiger partial charge on any atom is -0.457 e. The predicted octanol–water partition coefficient (Wildman–Crippen LogP) is -6.04. The summed E-state index contributed by atoms with van der Waals surface area (Å²) in [5.74, 6) is 0.632. The van der Waals surface area contributed by atoms with Crippen LogP contribution in [0.4, 0.5) is 17.8 Å². The van der Waals surface area contributed by atoms with Crippen LogP contribution in [0, 0.1) is 86.8 Å². The molecule has 1 radical (unpaired) electrons. The van der Waals surface area contributed by atoms with E-state index in [4.69, 9.17) is 63.2 Å². The third-order valence-corrected chi connectivity index (χ3v) is 1.50. The van der Waals surface area contributed by atoms with Crippen LogP contribution in [0.15, 0.2) is 37.2 Å². The normalized spacial score (nSPS) is 6.63. The van der Waals surface area contributed by atoms with Gasteiger partial charge in [0.25, 0.3) is 0 Å². The molecule has 0 unspecified atom stereocenters. The molecule has 0 aliphatic heterocycles. The Labute approximate surface area is 241 Å². The first kappa shape index (κ1) is 54.2. The average molecular weight is 695 g/mol. The van der Waals surface area contributed by atoms with Crippen molar-refractivity contribution in [2.24, 2.45) is 0 Å². The Bertz CT molecular complexity index is 759. The number of nitrogens with two attached hydrogens (primary N) is 3. The number of anilines is 3. The van der Waals surface area contributed by atoms with E-state index in [1.807, 2.05) is 0 Å². The number of hydrogen-bond acceptors (Lipinski definition) is 21. The molecule has 3 aromatic rings. The van der Waals surface area contributed by atoms with Gasteiger partial charge in [0.15, 0.2) is 0 Å². The van der Waals surface area contributed by atoms with Crippen LogP contribution in [0.5, 0.6) is 0 Å². The second-order valence-electron chi connectivity index (χ2n) is 3.67. The van der Waals surface area contributed by atoms with Gasteiger partial charge in [-0.1, -0.05) is 0 Å². The first-order valence-corrected chi connectivity index (χ1v) is 7.00. The molecule has 0 spiro atoms. The van der Waals surface area contributed by atoms with E-state index in [1.54, 1.807) is 0 Å². The summed E-state index contributed by atoms with van der Waals surface area (Å²) in [5.41, 5.74) is 15.2. The predicted molar refractivity (Wildman–Crippen MR) is 123 cm³/mol. The van der Waals surface area contributed by atoms with Crippen molar-refractivity contribution in [3.8, 4) is 0 Å². The molecule has 28 nitrogen and oxygen atoms in total. The SMILES string of the molecule is Nc1nccnn1.Nc1nccnn1.Nc1nccnn1.O=[N+]([O-])[O-].O=[N+]([O-])[O-].O=[N+]([O-])[O-].[Nd+3].[OH3+].[OH3+].[OH3+].[OH3+]. The van der Waals surface area contributed by atoms with Gasteiger partial charge in [-0.25, -0.2) is 15.0 Å². The molecule has 0 aliphatic carbocycles. The summed E-state index contributed by atoms with van der Waals surface area (Å²) in [6.07, 6.45) is 8.87. The van der Waals surface area contributed by atoms with Crippen molar-refractivity contribution in [2.45, 2.75) is 0 Å². The molecule has 18 N–H and O–H groups in total. The van der Waals surface area contributed by atoms with E-state index < -0.39 is 15.3 Å². The Morgan fingerprint density at radius 3 is 0.684 bits per heavy atom. The summed E-state index contributed by atoms with van der Waals surface area (Å²) in [6.45, 7) is 0. The molecule has 3 rings (SSSR count). The van der Waals surface area contributed by atoms with Gasteiger partial charge >= 0.3 is 40.8 Å². The van der Waals surface area contributed by atoms with E-state index >= 15 is 0 Å². The van der Waals surface area contributed by atoms with Gasteiger partial charge in [0.05, 0.1) is 52.4 Å². The monoisotopic (exact) mass is 692 g/mol. The largest absolute Gasteiger partial charge is 3.00 e. The molecule has 0 saturated heterocycles. The van der Waals surface area contributed by atoms with Crippen molar-refractivity contribution in [1.29, 1.82) is 0 Å². The van der Waals surface area contributed by atoms with Crippen molar-refractivity contribution < 1.29 is 78.0 Å². The van der Waals surface area contributed by atoms with E-state index in [-0.39, 0.29) is 80.6 Å². The maximum atomic E-state index is 8.25. The Morgan fingerprint density at radius 2 is 0.632 bits per heavy atom. The Hall–Kier alpha value is -4.78. The molecule has 0 aliphatic rings. The standard InChI is InChI=1S/3C3H4N4.3NO3.Nd.4H2O/c3*4-3-5-1-2-6-7-3;3*2-1(3)4;;;;;/h3*1-2H,(H2,4,5,7);;;;;4*1H2/q;;;3*-1;+3;;;;/p+4. The molecule has 0 saturated carbocycles. The maximum absolute atomic E-state index is 8.25. The molecule has 3 heterocycles. The van der Waals surface area contributed by atoms with E-state index in [0.29, 0.717) is 0 Å². The van der Waals surface area contributed by atoms with Crippen molar-refractivity contribution in [2.75, 3.05) is 17.2 Å². The summed E-state index contributed by atoms with van der Waals surface area (Å²) in [7, 11) is 0. The third-order valence-electron chi connectivity index (χ3n) is 1.50. The summed E-state index contributed by atoms with van der Waals surface area (Å²) in [6, 6.07) is 0. The van der Waals surface area contributed by atoms with Gasteiger partial charge in [-0.15, -0.1) is 15.3 Å². The van der Waals surface area contributed by atoms with Crippen LogP contribution in [0.3, 0.4) is 0 Å². The first-order chi connectivity index (χ1) is 15.4. The molecule has 0 aromatic carbocycles. The van der Waals surface area contributed by atoms with E-state index in [9.17, 15) is 0 Å². The van der Waals surface area contributed by atoms with E-state index in [2.05, 4.69) is 45.5 Å². The summed E-state index contributed by atoms with van der Waals surface area (Å²) in [5, 5.41) is 64.8. The third kappa shape index (κ3) is 77.2. The molecule has 29 heteroatoms. The molecule has 0 bridgehead atoms. The second-order valence-corrected chi connectivity index (χ2v) is 3.67. The van der Waals surface area contributed by atoms with Gasteiger partial charge in [-0.05, 0) is 0 Å². The second kappa shape index (κ2) is 39.4. The van der Waals surface area contributed by atoms with Crippen LogP contribution in [0.25, 0.3) is 0 Å². The fraction of sp³-hybridized carbons (Fsp3) is 0. The molecular weight excluding hydrogens is 670 g/mol. The van der Waals surface area contributed by atoms with Crippen LogP contribution in [-0.4, -0.2) is 60.8 Å². The van der Waals surface area contributed by atoms with Crippen LogP contribution >= 0.6 is 0 Å². The topological polar surface area (TPSA) is 525 Å². The Kier molecular flexibility index (Phi) is 56.3. The van der Waals surface area contributed by atoms with E-state index in [0.717, 1.165) is 0 Å². The van der Waals surface area contributed by atoms with E-state index in [1.165, 1.54) is 37.2 Å². The smallest absolute Gasteiger partial charge is 0.457 e. The molecule has 38 heavy (non-hydrogen) atoms. The van der Waals surface area contributed by atoms with Crippen LogP contribution in [0.1, 0.15) is 0 Å². The quantitative estimate of drug-likeness (QED) is 0.112. The van der Waals surface area contributed by atoms with Crippen LogP contribution in [-0.2, 0) is 21.9 Å². The van der Waals surface area contributed by atoms with Crippen LogP contribution in [0.2, 0.25) is 0 Å². The molecule has 213 valence electrons. The number of rotatable bonds is 0. The van der Waals surface area contributed by atoms with Crippen molar-refractivity contribution in [1.82, 2.24) is 45.5 Å². The van der Waals surface area contributed by atoms with Gasteiger partial charge in [0.2, 0.25) is 17.8 Å². The zero-order chi connectivity index (χ0) is 26.1. The van der Waals surface area contributed by atoms with Gasteiger partial charge in [-0.2, -0.15) is 15.3 Å². The van der Waals surface area contributed by atoms with Gasteiger partial charge in [-0.3, -0.25) is 0 Å². The minimum absolute atomic E-state index is 0. The zero-order valence-electron chi connectivity index (χ0n) is 18.5. The fourth-order valence-electron chi connectivity index (χ4n) is 0.773. The summed E-state index contributed by atoms with van der Waals surface area (Å²) < 4.78 is 0. The zero-order valence-corrected chi connectivity index (χ0v) is 21.8. The average Bonchev–Trinajstić information content (AvgIpc) is 2.69. The Morgan fingerprint density at radius 1 is 0.474 bits per heavy atom. The molecule has 0 amide bonds. The van der Waals surface area contributed by atoms with Crippen molar-refractivity contribution in [3.05, 3.63) is 83.1 Å². The molecule has 0 atom stereocenters. The summed E-state index contributed by atoms with van der Waals surface area (Å²) in [4.78, 5) is 35.5. The number of hydrogen-bond donors (Lipinski definition) is 3. The van der Waals surface area contributed by atoms with Crippen LogP contribution < -0.4 is 17.2 Å². The number of aromatic nitrogens is 9. The van der Waals surface area contributed by atoms with Gasteiger partial charge in [0, 0.05) is 0 Å². The minimum atomic E-state index is -1.75. The maximum Gasteiger partial charge on any atom is 3.00 e. The molecule has 3 aromatic heterocycles. The fourth-order valence-corrected chi connectivity index (χ4v) is 0.773. The van der Waals surface area contributed by atoms with Gasteiger partial charge in [0.1, 0.15) is 0 Å². The number of nitrogen functional groups attached to an aromatic ring is 3. The summed E-state index contributed by atoms with van der Waals surface area (Å²) >= 11 is 0. The molecular formula is C9H24N15NdO13+4.